The second kappa shape index (κ2) is 20.4. The van der Waals surface area contributed by atoms with Crippen LogP contribution in [0.2, 0.25) is 0 Å². The number of aryl methyl sites for hydroxylation is 5. The molecule has 59 heavy (non-hydrogen) atoms. The maximum absolute atomic E-state index is 5.31. The van der Waals surface area contributed by atoms with Gasteiger partial charge in [0.1, 0.15) is 0 Å². The molecule has 0 spiro atoms. The van der Waals surface area contributed by atoms with Gasteiger partial charge in [0.05, 0.1) is 22.8 Å². The van der Waals surface area contributed by atoms with E-state index in [1.54, 1.807) is 0 Å². The third kappa shape index (κ3) is 10.9. The molecule has 2 heterocycles. The average molecular weight is 775 g/mol. The van der Waals surface area contributed by atoms with Gasteiger partial charge in [-0.1, -0.05) is 163 Å². The van der Waals surface area contributed by atoms with Gasteiger partial charge in [-0.05, 0) is 139 Å². The molecular formula is C57H62N2. The van der Waals surface area contributed by atoms with E-state index in [0.29, 0.717) is 0 Å². The Morgan fingerprint density at radius 2 is 0.525 bits per heavy atom. The lowest BCUT2D eigenvalue weighted by Gasteiger charge is -2.15. The molecule has 2 heteroatoms. The van der Waals surface area contributed by atoms with Gasteiger partial charge in [-0.25, -0.2) is 9.97 Å². The van der Waals surface area contributed by atoms with Crippen LogP contribution in [-0.2, 0) is 25.7 Å². The third-order valence-electron chi connectivity index (χ3n) is 11.7. The maximum atomic E-state index is 5.31. The van der Waals surface area contributed by atoms with Crippen LogP contribution in [0.1, 0.15) is 107 Å². The first-order valence-electron chi connectivity index (χ1n) is 22.5. The zero-order valence-corrected chi connectivity index (χ0v) is 36.2. The predicted molar refractivity (Wildman–Crippen MR) is 254 cm³/mol. The Hall–Kier alpha value is -5.60. The van der Waals surface area contributed by atoms with E-state index < -0.39 is 0 Å². The van der Waals surface area contributed by atoms with Gasteiger partial charge in [-0.15, -0.1) is 0 Å². The molecule has 0 unspecified atom stereocenters. The van der Waals surface area contributed by atoms with Crippen molar-refractivity contribution in [1.82, 2.24) is 9.97 Å². The minimum atomic E-state index is 0.996. The number of benzene rings is 5. The zero-order valence-electron chi connectivity index (χ0n) is 36.2. The minimum Gasteiger partial charge on any atom is -0.248 e. The number of unbranched alkanes of at least 4 members (excludes halogenated alkanes) is 4. The highest BCUT2D eigenvalue weighted by Crippen LogP contribution is 2.36. The van der Waals surface area contributed by atoms with Gasteiger partial charge in [0.2, 0.25) is 0 Å². The maximum Gasteiger partial charge on any atom is 0.0715 e. The molecule has 0 atom stereocenters. The minimum absolute atomic E-state index is 0.996. The van der Waals surface area contributed by atoms with Crippen molar-refractivity contribution in [3.63, 3.8) is 0 Å². The van der Waals surface area contributed by atoms with Crippen molar-refractivity contribution in [2.45, 2.75) is 112 Å². The van der Waals surface area contributed by atoms with Crippen molar-refractivity contribution < 1.29 is 0 Å². The van der Waals surface area contributed by atoms with Crippen LogP contribution >= 0.6 is 0 Å². The van der Waals surface area contributed by atoms with Crippen molar-refractivity contribution in [3.05, 3.63) is 167 Å². The highest BCUT2D eigenvalue weighted by atomic mass is 14.7. The lowest BCUT2D eigenvalue weighted by atomic mass is 9.93. The normalized spacial score (nSPS) is 11.3. The van der Waals surface area contributed by atoms with E-state index in [-0.39, 0.29) is 0 Å². The molecule has 2 aromatic heterocycles. The summed E-state index contributed by atoms with van der Waals surface area (Å²) in [5, 5.41) is 0. The number of rotatable bonds is 18. The van der Waals surface area contributed by atoms with E-state index in [0.717, 1.165) is 70.7 Å². The Morgan fingerprint density at radius 1 is 0.288 bits per heavy atom. The predicted octanol–water partition coefficient (Wildman–Crippen LogP) is 16.2. The van der Waals surface area contributed by atoms with Gasteiger partial charge in [-0.2, -0.15) is 0 Å². The summed E-state index contributed by atoms with van der Waals surface area (Å²) >= 11 is 0. The molecule has 0 aliphatic rings. The Morgan fingerprint density at radius 3 is 0.763 bits per heavy atom. The fraction of sp³-hybridized carbons (Fsp3) is 0.298. The lowest BCUT2D eigenvalue weighted by molar-refractivity contribution is 0.795. The molecule has 7 rings (SSSR count). The smallest absolute Gasteiger partial charge is 0.0715 e. The number of hydrogen-bond acceptors (Lipinski definition) is 2. The van der Waals surface area contributed by atoms with Crippen LogP contribution in [-0.4, -0.2) is 9.97 Å². The molecule has 0 aliphatic carbocycles. The van der Waals surface area contributed by atoms with Crippen LogP contribution in [0, 0.1) is 6.92 Å². The topological polar surface area (TPSA) is 25.8 Å². The van der Waals surface area contributed by atoms with E-state index in [1.807, 2.05) is 0 Å². The first kappa shape index (κ1) is 41.6. The van der Waals surface area contributed by atoms with Crippen molar-refractivity contribution in [2.24, 2.45) is 0 Å². The Balaban J connectivity index is 1.32. The van der Waals surface area contributed by atoms with E-state index in [2.05, 4.69) is 174 Å². The fourth-order valence-electron chi connectivity index (χ4n) is 7.99. The molecule has 0 saturated carbocycles. The Kier molecular flexibility index (Phi) is 14.4. The van der Waals surface area contributed by atoms with Gasteiger partial charge < -0.3 is 0 Å². The molecule has 0 saturated heterocycles. The van der Waals surface area contributed by atoms with Crippen LogP contribution in [0.3, 0.4) is 0 Å². The summed E-state index contributed by atoms with van der Waals surface area (Å²) in [4.78, 5) is 10.6. The molecule has 2 nitrogen and oxygen atoms in total. The number of hydrogen-bond donors (Lipinski definition) is 0. The molecule has 0 bridgehead atoms. The molecule has 5 aromatic carbocycles. The molecule has 0 fully saturated rings. The van der Waals surface area contributed by atoms with Crippen LogP contribution in [0.5, 0.6) is 0 Å². The first-order chi connectivity index (χ1) is 28.9. The van der Waals surface area contributed by atoms with Gasteiger partial charge in [0, 0.05) is 22.3 Å². The first-order valence-corrected chi connectivity index (χ1v) is 22.5. The van der Waals surface area contributed by atoms with Gasteiger partial charge in [-0.3, -0.25) is 0 Å². The van der Waals surface area contributed by atoms with E-state index in [4.69, 9.17) is 9.97 Å². The average Bonchev–Trinajstić information content (AvgIpc) is 3.29. The quantitative estimate of drug-likeness (QED) is 0.0868. The number of nitrogens with zero attached hydrogens (tertiary/aromatic N) is 2. The van der Waals surface area contributed by atoms with Crippen LogP contribution < -0.4 is 0 Å². The number of aromatic nitrogens is 2. The fourth-order valence-corrected chi connectivity index (χ4v) is 7.99. The molecular weight excluding hydrogens is 713 g/mol. The zero-order chi connectivity index (χ0) is 41.0. The Labute approximate surface area is 354 Å². The molecule has 0 radical (unpaired) electrons. The van der Waals surface area contributed by atoms with Crippen LogP contribution in [0.4, 0.5) is 0 Å². The van der Waals surface area contributed by atoms with Crippen LogP contribution in [0.25, 0.3) is 67.3 Å². The second-order valence-electron chi connectivity index (χ2n) is 16.5. The van der Waals surface area contributed by atoms with E-state index in [9.17, 15) is 0 Å². The summed E-state index contributed by atoms with van der Waals surface area (Å²) < 4.78 is 0. The van der Waals surface area contributed by atoms with Crippen molar-refractivity contribution in [3.8, 4) is 67.3 Å². The van der Waals surface area contributed by atoms with Crippen LogP contribution in [0.15, 0.2) is 140 Å². The summed E-state index contributed by atoms with van der Waals surface area (Å²) in [6.45, 7) is 11.2. The number of pyridine rings is 2. The summed E-state index contributed by atoms with van der Waals surface area (Å²) in [7, 11) is 0. The SMILES string of the molecule is CCCCc1ccc(-c2cc(-c3cc(C)cc(-c4cc(-c5ccc(CCCC)cc5)nc(-c5ccc(CCCC)cc5)c4)c3)cc(-c3ccc(CCCC)cc3)n2)cc1. The van der Waals surface area contributed by atoms with Gasteiger partial charge in [0.15, 0.2) is 0 Å². The largest absolute Gasteiger partial charge is 0.248 e. The molecule has 0 aliphatic heterocycles. The van der Waals surface area contributed by atoms with Crippen molar-refractivity contribution in [1.29, 1.82) is 0 Å². The summed E-state index contributed by atoms with van der Waals surface area (Å²) in [6, 6.07) is 52.4. The van der Waals surface area contributed by atoms with Crippen molar-refractivity contribution in [2.75, 3.05) is 0 Å². The van der Waals surface area contributed by atoms with Gasteiger partial charge in [0.25, 0.3) is 0 Å². The molecule has 0 amide bonds. The summed E-state index contributed by atoms with van der Waals surface area (Å²) in [5.41, 5.74) is 20.0. The van der Waals surface area contributed by atoms with Crippen molar-refractivity contribution >= 4 is 0 Å². The van der Waals surface area contributed by atoms with Gasteiger partial charge >= 0.3 is 0 Å². The molecule has 7 aromatic rings. The lowest BCUT2D eigenvalue weighted by Crippen LogP contribution is -1.94. The molecule has 300 valence electrons. The van der Waals surface area contributed by atoms with E-state index in [1.165, 1.54) is 101 Å². The third-order valence-corrected chi connectivity index (χ3v) is 11.7. The standard InChI is InChI=1S/C57H62N2/c1-6-10-14-42-18-26-46(27-19-42)54-37-52(38-55(58-54)47-28-20-43(21-29-47)15-11-7-2)50-34-41(5)35-51(36-50)53-39-56(48-30-22-44(23-31-48)16-12-8-3)59-57(40-53)49-32-24-45(25-33-49)17-13-9-4/h18-40H,6-17H2,1-5H3. The van der Waals surface area contributed by atoms with E-state index >= 15 is 0 Å². The summed E-state index contributed by atoms with van der Waals surface area (Å²) in [6.07, 6.45) is 14.1. The Bertz CT molecular complexity index is 2090. The highest BCUT2D eigenvalue weighted by molar-refractivity contribution is 5.82. The highest BCUT2D eigenvalue weighted by Gasteiger charge is 2.14. The second-order valence-corrected chi connectivity index (χ2v) is 16.5. The monoisotopic (exact) mass is 774 g/mol. The molecule has 0 N–H and O–H groups in total. The summed E-state index contributed by atoms with van der Waals surface area (Å²) in [5.74, 6) is 0.